The van der Waals surface area contributed by atoms with E-state index in [0.717, 1.165) is 0 Å². The van der Waals surface area contributed by atoms with Crippen LogP contribution in [0.4, 0.5) is 22.0 Å². The summed E-state index contributed by atoms with van der Waals surface area (Å²) in [5.41, 5.74) is 0. The third-order valence-electron chi connectivity index (χ3n) is 1.17. The number of carbonyl (C=O) groups is 1. The van der Waals surface area contributed by atoms with Gasteiger partial charge in [0, 0.05) is 6.54 Å². The van der Waals surface area contributed by atoms with Crippen molar-refractivity contribution in [3.05, 3.63) is 0 Å². The molecule has 78 valence electrons. The molecular formula is C6H8F5NO. The fraction of sp³-hybridized carbons (Fsp3) is 0.833. The van der Waals surface area contributed by atoms with E-state index < -0.39 is 24.4 Å². The van der Waals surface area contributed by atoms with Crippen LogP contribution in [-0.2, 0) is 4.79 Å². The van der Waals surface area contributed by atoms with Crippen molar-refractivity contribution in [1.82, 2.24) is 5.32 Å². The number of halogens is 5. The summed E-state index contributed by atoms with van der Waals surface area (Å²) in [6.07, 6.45) is -7.53. The lowest BCUT2D eigenvalue weighted by Crippen LogP contribution is -2.41. The van der Waals surface area contributed by atoms with E-state index in [4.69, 9.17) is 0 Å². The fourth-order valence-electron chi connectivity index (χ4n) is 0.562. The van der Waals surface area contributed by atoms with Crippen LogP contribution in [0.5, 0.6) is 0 Å². The van der Waals surface area contributed by atoms with E-state index in [1.54, 1.807) is 0 Å². The average Bonchev–Trinajstić information content (AvgIpc) is 1.83. The first-order valence-corrected chi connectivity index (χ1v) is 3.42. The molecule has 0 spiro atoms. The van der Waals surface area contributed by atoms with Crippen LogP contribution >= 0.6 is 0 Å². The maximum absolute atomic E-state index is 12.1. The van der Waals surface area contributed by atoms with Crippen molar-refractivity contribution in [1.29, 1.82) is 0 Å². The summed E-state index contributed by atoms with van der Waals surface area (Å²) in [6, 6.07) is 0. The molecule has 0 saturated carbocycles. The van der Waals surface area contributed by atoms with E-state index in [1.165, 1.54) is 6.92 Å². The first-order chi connectivity index (χ1) is 5.70. The van der Waals surface area contributed by atoms with E-state index in [9.17, 15) is 26.7 Å². The van der Waals surface area contributed by atoms with Gasteiger partial charge in [0.2, 0.25) is 5.91 Å². The zero-order valence-corrected chi connectivity index (χ0v) is 6.71. The van der Waals surface area contributed by atoms with Gasteiger partial charge in [-0.15, -0.1) is 0 Å². The van der Waals surface area contributed by atoms with Crippen molar-refractivity contribution in [3.63, 3.8) is 0 Å². The Morgan fingerprint density at radius 1 is 1.23 bits per heavy atom. The number of carbonyl (C=O) groups excluding carboxylic acids is 1. The molecule has 0 atom stereocenters. The molecule has 0 unspecified atom stereocenters. The summed E-state index contributed by atoms with van der Waals surface area (Å²) in [7, 11) is 0. The average molecular weight is 205 g/mol. The molecule has 0 aromatic rings. The van der Waals surface area contributed by atoms with Crippen molar-refractivity contribution in [2.24, 2.45) is 0 Å². The Balaban J connectivity index is 4.26. The summed E-state index contributed by atoms with van der Waals surface area (Å²) < 4.78 is 58.7. The molecule has 0 bridgehead atoms. The first-order valence-electron chi connectivity index (χ1n) is 3.42. The van der Waals surface area contributed by atoms with Gasteiger partial charge >= 0.3 is 12.1 Å². The molecule has 0 aromatic carbocycles. The largest absolute Gasteiger partial charge is 0.453 e. The number of rotatable bonds is 3. The minimum Gasteiger partial charge on any atom is -0.356 e. The molecule has 13 heavy (non-hydrogen) atoms. The minimum atomic E-state index is -5.67. The van der Waals surface area contributed by atoms with Crippen molar-refractivity contribution in [2.75, 3.05) is 6.54 Å². The molecule has 0 radical (unpaired) electrons. The highest BCUT2D eigenvalue weighted by Crippen LogP contribution is 2.37. The lowest BCUT2D eigenvalue weighted by Gasteiger charge is -2.18. The van der Waals surface area contributed by atoms with Crippen LogP contribution in [0.2, 0.25) is 0 Å². The Bertz CT molecular complexity index is 188. The number of hydrogen-bond donors (Lipinski definition) is 1. The molecule has 0 saturated heterocycles. The zero-order valence-electron chi connectivity index (χ0n) is 6.71. The Labute approximate surface area is 71.1 Å². The molecule has 0 rings (SSSR count). The van der Waals surface area contributed by atoms with E-state index in [1.807, 2.05) is 5.32 Å². The van der Waals surface area contributed by atoms with Crippen LogP contribution in [0.1, 0.15) is 13.3 Å². The summed E-state index contributed by atoms with van der Waals surface area (Å²) in [6.45, 7) is 1.44. The highest BCUT2D eigenvalue weighted by atomic mass is 19.4. The normalized spacial score (nSPS) is 12.8. The van der Waals surface area contributed by atoms with E-state index >= 15 is 0 Å². The predicted molar refractivity (Wildman–Crippen MR) is 34.3 cm³/mol. The molecule has 0 heterocycles. The molecule has 7 heteroatoms. The molecule has 0 aromatic heterocycles. The second-order valence-corrected chi connectivity index (χ2v) is 2.33. The van der Waals surface area contributed by atoms with Crippen LogP contribution in [-0.4, -0.2) is 24.6 Å². The van der Waals surface area contributed by atoms with E-state index in [0.29, 0.717) is 0 Å². The van der Waals surface area contributed by atoms with Gasteiger partial charge in [-0.25, -0.2) is 0 Å². The van der Waals surface area contributed by atoms with Gasteiger partial charge in [-0.1, -0.05) is 0 Å². The van der Waals surface area contributed by atoms with Gasteiger partial charge in [0.25, 0.3) is 0 Å². The standard InChI is InChI=1S/C6H8F5NO/c1-2-12-4(13)3-5(7,8)6(9,10)11/h2-3H2,1H3,(H,12,13). The summed E-state index contributed by atoms with van der Waals surface area (Å²) in [5, 5.41) is 1.85. The van der Waals surface area contributed by atoms with Crippen LogP contribution in [0.25, 0.3) is 0 Å². The SMILES string of the molecule is CCNC(=O)CC(F)(F)C(F)(F)F. The monoisotopic (exact) mass is 205 g/mol. The van der Waals surface area contributed by atoms with Crippen LogP contribution < -0.4 is 5.32 Å². The molecule has 2 nitrogen and oxygen atoms in total. The van der Waals surface area contributed by atoms with Crippen molar-refractivity contribution in [2.45, 2.75) is 25.4 Å². The number of nitrogens with one attached hydrogen (secondary N) is 1. The van der Waals surface area contributed by atoms with Gasteiger partial charge in [0.05, 0.1) is 6.42 Å². The van der Waals surface area contributed by atoms with Crippen molar-refractivity contribution < 1.29 is 26.7 Å². The summed E-state index contributed by atoms with van der Waals surface area (Å²) >= 11 is 0. The van der Waals surface area contributed by atoms with Gasteiger partial charge in [-0.2, -0.15) is 22.0 Å². The Kier molecular flexibility index (Phi) is 3.62. The fourth-order valence-corrected chi connectivity index (χ4v) is 0.562. The highest BCUT2D eigenvalue weighted by Gasteiger charge is 2.58. The van der Waals surface area contributed by atoms with Crippen LogP contribution in [0.15, 0.2) is 0 Å². The van der Waals surface area contributed by atoms with Gasteiger partial charge in [-0.3, -0.25) is 4.79 Å². The van der Waals surface area contributed by atoms with Crippen molar-refractivity contribution >= 4 is 5.91 Å². The smallest absolute Gasteiger partial charge is 0.356 e. The number of alkyl halides is 5. The third kappa shape index (κ3) is 3.56. The van der Waals surface area contributed by atoms with Gasteiger partial charge in [-0.05, 0) is 6.92 Å². The van der Waals surface area contributed by atoms with Gasteiger partial charge in [0.15, 0.2) is 0 Å². The highest BCUT2D eigenvalue weighted by molar-refractivity contribution is 5.76. The lowest BCUT2D eigenvalue weighted by atomic mass is 10.2. The molecular weight excluding hydrogens is 197 g/mol. The second kappa shape index (κ2) is 3.89. The molecule has 0 aliphatic heterocycles. The second-order valence-electron chi connectivity index (χ2n) is 2.33. The molecule has 1 N–H and O–H groups in total. The minimum absolute atomic E-state index is 0.0206. The maximum Gasteiger partial charge on any atom is 0.453 e. The Morgan fingerprint density at radius 2 is 1.69 bits per heavy atom. The third-order valence-corrected chi connectivity index (χ3v) is 1.17. The summed E-state index contributed by atoms with van der Waals surface area (Å²) in [5.74, 6) is -6.27. The first kappa shape index (κ1) is 12.1. The van der Waals surface area contributed by atoms with Gasteiger partial charge in [0.1, 0.15) is 0 Å². The topological polar surface area (TPSA) is 29.1 Å². The van der Waals surface area contributed by atoms with E-state index in [2.05, 4.69) is 0 Å². The number of amides is 1. The van der Waals surface area contributed by atoms with Crippen LogP contribution in [0.3, 0.4) is 0 Å². The Morgan fingerprint density at radius 3 is 2.00 bits per heavy atom. The Hall–Kier alpha value is -0.880. The molecule has 0 aliphatic rings. The quantitative estimate of drug-likeness (QED) is 0.698. The number of hydrogen-bond acceptors (Lipinski definition) is 1. The van der Waals surface area contributed by atoms with E-state index in [-0.39, 0.29) is 6.54 Å². The predicted octanol–water partition coefficient (Wildman–Crippen LogP) is 1.71. The summed E-state index contributed by atoms with van der Waals surface area (Å²) in [4.78, 5) is 10.4. The van der Waals surface area contributed by atoms with Crippen molar-refractivity contribution in [3.8, 4) is 0 Å². The van der Waals surface area contributed by atoms with Gasteiger partial charge < -0.3 is 5.32 Å². The lowest BCUT2D eigenvalue weighted by molar-refractivity contribution is -0.281. The zero-order chi connectivity index (χ0) is 10.7. The molecule has 0 fully saturated rings. The maximum atomic E-state index is 12.1. The van der Waals surface area contributed by atoms with Crippen LogP contribution in [0, 0.1) is 0 Å². The molecule has 1 amide bonds. The molecule has 0 aliphatic carbocycles.